The van der Waals surface area contributed by atoms with E-state index in [-0.39, 0.29) is 6.54 Å². The van der Waals surface area contributed by atoms with Crippen LogP contribution in [0.1, 0.15) is 0 Å². The van der Waals surface area contributed by atoms with E-state index in [2.05, 4.69) is 5.32 Å². The summed E-state index contributed by atoms with van der Waals surface area (Å²) in [6, 6.07) is 13.7. The normalized spacial score (nSPS) is 10.4. The van der Waals surface area contributed by atoms with Gasteiger partial charge >= 0.3 is 11.1 Å². The van der Waals surface area contributed by atoms with E-state index < -0.39 is 17.0 Å². The summed E-state index contributed by atoms with van der Waals surface area (Å²) in [4.78, 5) is 37.1. The van der Waals surface area contributed by atoms with Gasteiger partial charge in [-0.2, -0.15) is 0 Å². The molecule has 2 aromatic carbocycles. The molecule has 0 atom stereocenters. The molecule has 3 aromatic rings. The van der Waals surface area contributed by atoms with Crippen LogP contribution in [-0.4, -0.2) is 29.3 Å². The number of ether oxygens (including phenoxy) is 2. The summed E-state index contributed by atoms with van der Waals surface area (Å²) in [5.74, 6) is 0.526. The number of amides is 1. The molecule has 1 N–H and O–H groups in total. The number of nitrogens with one attached hydrogen (secondary N) is 1. The van der Waals surface area contributed by atoms with Crippen LogP contribution < -0.4 is 25.9 Å². The van der Waals surface area contributed by atoms with Gasteiger partial charge in [0.25, 0.3) is 0 Å². The molecule has 1 aromatic heterocycles. The third-order valence-corrected chi connectivity index (χ3v) is 4.09. The highest BCUT2D eigenvalue weighted by atomic mass is 16.5. The Bertz CT molecular complexity index is 1100. The molecule has 0 spiro atoms. The predicted molar refractivity (Wildman–Crippen MR) is 104 cm³/mol. The third-order valence-electron chi connectivity index (χ3n) is 4.09. The van der Waals surface area contributed by atoms with E-state index in [0.29, 0.717) is 22.9 Å². The molecule has 0 bridgehead atoms. The highest BCUT2D eigenvalue weighted by Crippen LogP contribution is 2.28. The van der Waals surface area contributed by atoms with Gasteiger partial charge in [0.15, 0.2) is 0 Å². The zero-order valence-electron chi connectivity index (χ0n) is 15.4. The van der Waals surface area contributed by atoms with E-state index in [1.165, 1.54) is 31.2 Å². The van der Waals surface area contributed by atoms with Gasteiger partial charge in [-0.1, -0.05) is 18.2 Å². The Labute approximate surface area is 160 Å². The molecule has 1 amide bonds. The van der Waals surface area contributed by atoms with Crippen molar-refractivity contribution in [3.63, 3.8) is 0 Å². The fourth-order valence-electron chi connectivity index (χ4n) is 2.67. The fourth-order valence-corrected chi connectivity index (χ4v) is 2.67. The smallest absolute Gasteiger partial charge is 0.320 e. The Balaban J connectivity index is 1.81. The first-order valence-corrected chi connectivity index (χ1v) is 8.43. The minimum Gasteiger partial charge on any atom is -0.497 e. The van der Waals surface area contributed by atoms with Crippen LogP contribution in [0, 0.1) is 0 Å². The maximum atomic E-state index is 12.4. The molecule has 0 aliphatic rings. The van der Waals surface area contributed by atoms with E-state index in [0.717, 1.165) is 4.57 Å². The SMILES string of the molecule is COc1ccc(NC(=O)Cn2ccn(-c3ccccc3)c(=O)c2=O)c(OC)c1. The van der Waals surface area contributed by atoms with Crippen molar-refractivity contribution in [2.24, 2.45) is 0 Å². The summed E-state index contributed by atoms with van der Waals surface area (Å²) < 4.78 is 12.6. The number of carbonyl (C=O) groups excluding carboxylic acids is 1. The summed E-state index contributed by atoms with van der Waals surface area (Å²) >= 11 is 0. The van der Waals surface area contributed by atoms with Crippen molar-refractivity contribution in [1.29, 1.82) is 0 Å². The van der Waals surface area contributed by atoms with Gasteiger partial charge in [-0.3, -0.25) is 23.5 Å². The number of carbonyl (C=O) groups is 1. The molecule has 0 fully saturated rings. The van der Waals surface area contributed by atoms with Gasteiger partial charge in [0, 0.05) is 24.1 Å². The quantitative estimate of drug-likeness (QED) is 0.656. The lowest BCUT2D eigenvalue weighted by Gasteiger charge is -2.12. The van der Waals surface area contributed by atoms with Gasteiger partial charge in [0.2, 0.25) is 5.91 Å². The number of rotatable bonds is 6. The molecule has 144 valence electrons. The summed E-state index contributed by atoms with van der Waals surface area (Å²) in [5, 5.41) is 2.67. The molecular formula is C20H19N3O5. The predicted octanol–water partition coefficient (Wildman–Crippen LogP) is 1.66. The highest BCUT2D eigenvalue weighted by molar-refractivity contribution is 5.92. The molecule has 0 saturated carbocycles. The first-order chi connectivity index (χ1) is 13.5. The Morgan fingerprint density at radius 1 is 0.964 bits per heavy atom. The number of anilines is 1. The molecule has 0 aliphatic heterocycles. The van der Waals surface area contributed by atoms with Gasteiger partial charge in [-0.25, -0.2) is 0 Å². The number of nitrogens with zero attached hydrogens (tertiary/aromatic N) is 2. The maximum absolute atomic E-state index is 12.4. The van der Waals surface area contributed by atoms with Gasteiger partial charge in [-0.05, 0) is 24.3 Å². The van der Waals surface area contributed by atoms with Crippen LogP contribution in [-0.2, 0) is 11.3 Å². The van der Waals surface area contributed by atoms with Crippen LogP contribution in [0.4, 0.5) is 5.69 Å². The van der Waals surface area contributed by atoms with Crippen LogP contribution in [0.2, 0.25) is 0 Å². The van der Waals surface area contributed by atoms with Crippen LogP contribution >= 0.6 is 0 Å². The lowest BCUT2D eigenvalue weighted by Crippen LogP contribution is -2.41. The van der Waals surface area contributed by atoms with Crippen molar-refractivity contribution in [3.8, 4) is 17.2 Å². The van der Waals surface area contributed by atoms with Crippen molar-refractivity contribution < 1.29 is 14.3 Å². The van der Waals surface area contributed by atoms with Gasteiger partial charge in [0.05, 0.1) is 19.9 Å². The number of hydrogen-bond acceptors (Lipinski definition) is 5. The first-order valence-electron chi connectivity index (χ1n) is 8.43. The van der Waals surface area contributed by atoms with Gasteiger partial charge in [-0.15, -0.1) is 0 Å². The fraction of sp³-hybridized carbons (Fsp3) is 0.150. The second-order valence-electron chi connectivity index (χ2n) is 5.86. The molecule has 28 heavy (non-hydrogen) atoms. The van der Waals surface area contributed by atoms with Gasteiger partial charge in [0.1, 0.15) is 18.0 Å². The highest BCUT2D eigenvalue weighted by Gasteiger charge is 2.12. The number of para-hydroxylation sites is 1. The minimum atomic E-state index is -0.789. The second-order valence-corrected chi connectivity index (χ2v) is 5.86. The van der Waals surface area contributed by atoms with Gasteiger partial charge < -0.3 is 14.8 Å². The molecule has 0 radical (unpaired) electrons. The Morgan fingerprint density at radius 3 is 2.39 bits per heavy atom. The average molecular weight is 381 g/mol. The molecule has 0 unspecified atom stereocenters. The summed E-state index contributed by atoms with van der Waals surface area (Å²) in [5.41, 5.74) is -0.519. The Morgan fingerprint density at radius 2 is 1.71 bits per heavy atom. The topological polar surface area (TPSA) is 91.6 Å². The van der Waals surface area contributed by atoms with E-state index in [1.54, 1.807) is 42.5 Å². The molecule has 1 heterocycles. The number of methoxy groups -OCH3 is 2. The van der Waals surface area contributed by atoms with E-state index >= 15 is 0 Å². The molecular weight excluding hydrogens is 362 g/mol. The maximum Gasteiger partial charge on any atom is 0.320 e. The molecule has 3 rings (SSSR count). The Kier molecular flexibility index (Phi) is 5.59. The molecule has 0 aliphatic carbocycles. The molecule has 8 heteroatoms. The van der Waals surface area contributed by atoms with Crippen molar-refractivity contribution in [1.82, 2.24) is 9.13 Å². The van der Waals surface area contributed by atoms with Crippen LogP contribution in [0.3, 0.4) is 0 Å². The lowest BCUT2D eigenvalue weighted by molar-refractivity contribution is -0.116. The van der Waals surface area contributed by atoms with Crippen LogP contribution in [0.25, 0.3) is 5.69 Å². The van der Waals surface area contributed by atoms with Crippen molar-refractivity contribution in [3.05, 3.63) is 81.6 Å². The zero-order valence-corrected chi connectivity index (χ0v) is 15.4. The van der Waals surface area contributed by atoms with E-state index in [4.69, 9.17) is 9.47 Å². The summed E-state index contributed by atoms with van der Waals surface area (Å²) in [6.07, 6.45) is 2.86. The summed E-state index contributed by atoms with van der Waals surface area (Å²) in [6.45, 7) is -0.307. The molecule has 8 nitrogen and oxygen atoms in total. The first kappa shape index (κ1) is 19.0. The largest absolute Gasteiger partial charge is 0.497 e. The van der Waals surface area contributed by atoms with Crippen molar-refractivity contribution in [2.75, 3.05) is 19.5 Å². The molecule has 0 saturated heterocycles. The average Bonchev–Trinajstić information content (AvgIpc) is 2.72. The Hall–Kier alpha value is -3.81. The van der Waals surface area contributed by atoms with Crippen molar-refractivity contribution >= 4 is 11.6 Å². The number of benzene rings is 2. The summed E-state index contributed by atoms with van der Waals surface area (Å²) in [7, 11) is 3.00. The monoisotopic (exact) mass is 381 g/mol. The third kappa shape index (κ3) is 3.96. The number of hydrogen-bond donors (Lipinski definition) is 1. The standard InChI is InChI=1S/C20H19N3O5/c1-27-15-8-9-16(17(12-15)28-2)21-18(24)13-22-10-11-23(20(26)19(22)25)14-6-4-3-5-7-14/h3-12H,13H2,1-2H3,(H,21,24). The number of aromatic nitrogens is 2. The van der Waals surface area contributed by atoms with E-state index in [1.807, 2.05) is 6.07 Å². The van der Waals surface area contributed by atoms with E-state index in [9.17, 15) is 14.4 Å². The van der Waals surface area contributed by atoms with Crippen molar-refractivity contribution in [2.45, 2.75) is 6.54 Å². The van der Waals surface area contributed by atoms with Crippen LogP contribution in [0.15, 0.2) is 70.5 Å². The lowest BCUT2D eigenvalue weighted by atomic mass is 10.2. The minimum absolute atomic E-state index is 0.307. The zero-order chi connectivity index (χ0) is 20.1. The second kappa shape index (κ2) is 8.26. The van der Waals surface area contributed by atoms with Crippen LogP contribution in [0.5, 0.6) is 11.5 Å².